The maximum absolute atomic E-state index is 9.97. The first-order chi connectivity index (χ1) is 8.75. The average Bonchev–Trinajstić information content (AvgIpc) is 2.91. The number of nitrogens with zero attached hydrogens (tertiary/aromatic N) is 1. The van der Waals surface area contributed by atoms with Crippen LogP contribution in [0.2, 0.25) is 0 Å². The van der Waals surface area contributed by atoms with Gasteiger partial charge in [0.05, 0.1) is 12.6 Å². The van der Waals surface area contributed by atoms with Crippen LogP contribution in [0.15, 0.2) is 35.3 Å². The number of rotatable bonds is 4. The molecule has 0 spiro atoms. The van der Waals surface area contributed by atoms with Gasteiger partial charge >= 0.3 is 0 Å². The molecule has 0 amide bonds. The molecule has 1 aliphatic rings. The van der Waals surface area contributed by atoms with Crippen molar-refractivity contribution in [3.05, 3.63) is 30.3 Å². The highest BCUT2D eigenvalue weighted by Crippen LogP contribution is 2.27. The Balaban J connectivity index is 1.81. The van der Waals surface area contributed by atoms with Crippen LogP contribution >= 0.6 is 0 Å². The van der Waals surface area contributed by atoms with Crippen molar-refractivity contribution in [2.24, 2.45) is 16.6 Å². The van der Waals surface area contributed by atoms with E-state index in [0.29, 0.717) is 18.4 Å². The topological polar surface area (TPSA) is 70.6 Å². The molecule has 4 nitrogen and oxygen atoms in total. The SMILES string of the molecule is NC(=NCC(O)C1CCCC1)Nc1ccccc1. The molecule has 0 aliphatic heterocycles. The molecule has 1 unspecified atom stereocenters. The fourth-order valence-electron chi connectivity index (χ4n) is 2.39. The van der Waals surface area contributed by atoms with Crippen molar-refractivity contribution in [2.45, 2.75) is 31.8 Å². The van der Waals surface area contributed by atoms with Gasteiger partial charge in [-0.05, 0) is 30.9 Å². The number of aliphatic hydroxyl groups excluding tert-OH is 1. The number of benzene rings is 1. The van der Waals surface area contributed by atoms with E-state index in [9.17, 15) is 5.11 Å². The molecule has 0 bridgehead atoms. The molecule has 2 rings (SSSR count). The summed E-state index contributed by atoms with van der Waals surface area (Å²) in [5.41, 5.74) is 6.69. The third-order valence-corrected chi connectivity index (χ3v) is 3.44. The largest absolute Gasteiger partial charge is 0.391 e. The van der Waals surface area contributed by atoms with Gasteiger partial charge in [-0.15, -0.1) is 0 Å². The fourth-order valence-corrected chi connectivity index (χ4v) is 2.39. The van der Waals surface area contributed by atoms with Gasteiger partial charge in [0, 0.05) is 5.69 Å². The number of nitrogens with one attached hydrogen (secondary N) is 1. The van der Waals surface area contributed by atoms with Crippen molar-refractivity contribution >= 4 is 11.6 Å². The van der Waals surface area contributed by atoms with E-state index >= 15 is 0 Å². The molecular formula is C14H21N3O. The Hall–Kier alpha value is -1.55. The molecule has 18 heavy (non-hydrogen) atoms. The van der Waals surface area contributed by atoms with Crippen molar-refractivity contribution in [2.75, 3.05) is 11.9 Å². The van der Waals surface area contributed by atoms with Gasteiger partial charge in [-0.25, -0.2) is 0 Å². The first kappa shape index (κ1) is 12.9. The Morgan fingerprint density at radius 1 is 1.33 bits per heavy atom. The van der Waals surface area contributed by atoms with Crippen LogP contribution in [0.25, 0.3) is 0 Å². The summed E-state index contributed by atoms with van der Waals surface area (Å²) >= 11 is 0. The van der Waals surface area contributed by atoms with E-state index in [4.69, 9.17) is 5.73 Å². The van der Waals surface area contributed by atoms with Crippen LogP contribution < -0.4 is 11.1 Å². The Labute approximate surface area is 108 Å². The predicted molar refractivity (Wildman–Crippen MR) is 74.5 cm³/mol. The minimum absolute atomic E-state index is 0.358. The van der Waals surface area contributed by atoms with Crippen LogP contribution in [-0.4, -0.2) is 23.7 Å². The second kappa shape index (κ2) is 6.40. The summed E-state index contributed by atoms with van der Waals surface area (Å²) in [6.45, 7) is 0.385. The number of aliphatic imine (C=N–C) groups is 1. The Morgan fingerprint density at radius 2 is 2.00 bits per heavy atom. The van der Waals surface area contributed by atoms with Gasteiger partial charge in [0.2, 0.25) is 0 Å². The minimum atomic E-state index is -0.358. The third-order valence-electron chi connectivity index (χ3n) is 3.44. The Bertz CT molecular complexity index is 385. The van der Waals surface area contributed by atoms with Gasteiger partial charge in [-0.3, -0.25) is 4.99 Å². The number of hydrogen-bond acceptors (Lipinski definition) is 2. The smallest absolute Gasteiger partial charge is 0.193 e. The first-order valence-corrected chi connectivity index (χ1v) is 6.56. The van der Waals surface area contributed by atoms with E-state index < -0.39 is 0 Å². The molecular weight excluding hydrogens is 226 g/mol. The standard InChI is InChI=1S/C14H21N3O/c15-14(17-12-8-2-1-3-9-12)16-10-13(18)11-6-4-5-7-11/h1-3,8-9,11,13,18H,4-7,10H2,(H3,15,16,17). The monoisotopic (exact) mass is 247 g/mol. The molecule has 4 N–H and O–H groups in total. The van der Waals surface area contributed by atoms with Crippen molar-refractivity contribution in [3.63, 3.8) is 0 Å². The second-order valence-electron chi connectivity index (χ2n) is 4.83. The molecule has 1 fully saturated rings. The van der Waals surface area contributed by atoms with Gasteiger partial charge in [0.1, 0.15) is 0 Å². The second-order valence-corrected chi connectivity index (χ2v) is 4.83. The number of anilines is 1. The molecule has 0 saturated heterocycles. The minimum Gasteiger partial charge on any atom is -0.391 e. The number of para-hydroxylation sites is 1. The molecule has 1 aromatic carbocycles. The highest BCUT2D eigenvalue weighted by molar-refractivity contribution is 5.92. The van der Waals surface area contributed by atoms with E-state index in [1.54, 1.807) is 0 Å². The molecule has 1 saturated carbocycles. The van der Waals surface area contributed by atoms with E-state index in [2.05, 4.69) is 10.3 Å². The lowest BCUT2D eigenvalue weighted by atomic mass is 10.0. The number of aliphatic hydroxyl groups is 1. The lowest BCUT2D eigenvalue weighted by Crippen LogP contribution is -2.27. The summed E-state index contributed by atoms with van der Waals surface area (Å²) in [7, 11) is 0. The van der Waals surface area contributed by atoms with E-state index in [-0.39, 0.29) is 6.10 Å². The third kappa shape index (κ3) is 3.74. The van der Waals surface area contributed by atoms with E-state index in [1.807, 2.05) is 30.3 Å². The summed E-state index contributed by atoms with van der Waals surface area (Å²) in [5.74, 6) is 0.761. The summed E-state index contributed by atoms with van der Waals surface area (Å²) in [5, 5.41) is 13.0. The van der Waals surface area contributed by atoms with Gasteiger partial charge in [0.25, 0.3) is 0 Å². The highest BCUT2D eigenvalue weighted by Gasteiger charge is 2.22. The predicted octanol–water partition coefficient (Wildman–Crippen LogP) is 1.96. The van der Waals surface area contributed by atoms with E-state index in [0.717, 1.165) is 18.5 Å². The van der Waals surface area contributed by atoms with Crippen LogP contribution in [-0.2, 0) is 0 Å². The number of hydrogen-bond donors (Lipinski definition) is 3. The van der Waals surface area contributed by atoms with Crippen molar-refractivity contribution in [1.29, 1.82) is 0 Å². The number of guanidine groups is 1. The lowest BCUT2D eigenvalue weighted by molar-refractivity contribution is 0.119. The Kier molecular flexibility index (Phi) is 4.59. The van der Waals surface area contributed by atoms with Crippen LogP contribution in [0.4, 0.5) is 5.69 Å². The van der Waals surface area contributed by atoms with Gasteiger partial charge < -0.3 is 16.2 Å². The zero-order chi connectivity index (χ0) is 12.8. The fraction of sp³-hybridized carbons (Fsp3) is 0.500. The molecule has 1 aromatic rings. The van der Waals surface area contributed by atoms with Gasteiger partial charge in [0.15, 0.2) is 5.96 Å². The maximum atomic E-state index is 9.97. The Morgan fingerprint density at radius 3 is 2.67 bits per heavy atom. The summed E-state index contributed by atoms with van der Waals surface area (Å²) in [6, 6.07) is 9.67. The summed E-state index contributed by atoms with van der Waals surface area (Å²) in [4.78, 5) is 4.20. The van der Waals surface area contributed by atoms with Crippen molar-refractivity contribution in [1.82, 2.24) is 0 Å². The molecule has 0 heterocycles. The van der Waals surface area contributed by atoms with Gasteiger partial charge in [-0.2, -0.15) is 0 Å². The maximum Gasteiger partial charge on any atom is 0.193 e. The zero-order valence-corrected chi connectivity index (χ0v) is 10.5. The summed E-state index contributed by atoms with van der Waals surface area (Å²) in [6.07, 6.45) is 4.32. The molecule has 1 aliphatic carbocycles. The normalized spacial score (nSPS) is 18.8. The highest BCUT2D eigenvalue weighted by atomic mass is 16.3. The molecule has 0 radical (unpaired) electrons. The van der Waals surface area contributed by atoms with Gasteiger partial charge in [-0.1, -0.05) is 31.0 Å². The number of nitrogens with two attached hydrogens (primary N) is 1. The molecule has 0 aromatic heterocycles. The summed E-state index contributed by atoms with van der Waals surface area (Å²) < 4.78 is 0. The first-order valence-electron chi connectivity index (χ1n) is 6.56. The zero-order valence-electron chi connectivity index (χ0n) is 10.5. The van der Waals surface area contributed by atoms with Crippen LogP contribution in [0, 0.1) is 5.92 Å². The molecule has 4 heteroatoms. The average molecular weight is 247 g/mol. The van der Waals surface area contributed by atoms with Crippen LogP contribution in [0.1, 0.15) is 25.7 Å². The van der Waals surface area contributed by atoms with Crippen LogP contribution in [0.3, 0.4) is 0 Å². The molecule has 98 valence electrons. The van der Waals surface area contributed by atoms with Crippen molar-refractivity contribution < 1.29 is 5.11 Å². The van der Waals surface area contributed by atoms with Crippen LogP contribution in [0.5, 0.6) is 0 Å². The quantitative estimate of drug-likeness (QED) is 0.562. The van der Waals surface area contributed by atoms with E-state index in [1.165, 1.54) is 12.8 Å². The molecule has 1 atom stereocenters. The van der Waals surface area contributed by atoms with Crippen molar-refractivity contribution in [3.8, 4) is 0 Å². The lowest BCUT2D eigenvalue weighted by Gasteiger charge is -2.15.